The van der Waals surface area contributed by atoms with Gasteiger partial charge in [-0.1, -0.05) is 23.2 Å². The molecule has 0 saturated carbocycles. The van der Waals surface area contributed by atoms with E-state index in [1.165, 1.54) is 12.1 Å². The molecule has 0 unspecified atom stereocenters. The summed E-state index contributed by atoms with van der Waals surface area (Å²) >= 11 is 12.3. The molecule has 0 spiro atoms. The summed E-state index contributed by atoms with van der Waals surface area (Å²) < 4.78 is 5.56. The zero-order chi connectivity index (χ0) is 17.7. The number of hydrogen-bond donors (Lipinski definition) is 1. The lowest BCUT2D eigenvalue weighted by atomic mass is 10.2. The Balaban J connectivity index is 2.07. The van der Waals surface area contributed by atoms with E-state index in [2.05, 4.69) is 10.5 Å². The van der Waals surface area contributed by atoms with Crippen LogP contribution in [0.15, 0.2) is 41.5 Å². The molecule has 0 aromatic heterocycles. The predicted molar refractivity (Wildman–Crippen MR) is 96.5 cm³/mol. The largest absolute Gasteiger partial charge is 0.488 e. The third-order valence-electron chi connectivity index (χ3n) is 2.86. The van der Waals surface area contributed by atoms with Gasteiger partial charge in [0.15, 0.2) is 5.75 Å². The summed E-state index contributed by atoms with van der Waals surface area (Å²) in [5.74, 6) is 0.439. The van der Waals surface area contributed by atoms with Crippen LogP contribution in [0.5, 0.6) is 5.75 Å². The number of ether oxygens (including phenoxy) is 1. The fraction of sp³-hybridized carbons (Fsp3) is 0.188. The molecule has 24 heavy (non-hydrogen) atoms. The van der Waals surface area contributed by atoms with E-state index < -0.39 is 4.92 Å². The first-order valence-corrected chi connectivity index (χ1v) is 7.81. The molecule has 2 aromatic carbocycles. The number of anilines is 1. The van der Waals surface area contributed by atoms with E-state index in [0.717, 1.165) is 0 Å². The van der Waals surface area contributed by atoms with Gasteiger partial charge in [0.2, 0.25) is 0 Å². The maximum Gasteiger partial charge on any atom is 0.269 e. The Hall–Kier alpha value is -2.31. The normalized spacial score (nSPS) is 11.0. The van der Waals surface area contributed by atoms with E-state index in [1.54, 1.807) is 30.5 Å². The highest BCUT2D eigenvalue weighted by atomic mass is 35.5. The van der Waals surface area contributed by atoms with Crippen LogP contribution < -0.4 is 10.2 Å². The Morgan fingerprint density at radius 1 is 1.21 bits per heavy atom. The quantitative estimate of drug-likeness (QED) is 0.435. The van der Waals surface area contributed by atoms with Crippen LogP contribution in [0.25, 0.3) is 0 Å². The van der Waals surface area contributed by atoms with Gasteiger partial charge in [-0.15, -0.1) is 0 Å². The molecule has 0 saturated heterocycles. The summed E-state index contributed by atoms with van der Waals surface area (Å²) in [7, 11) is 0. The molecule has 2 rings (SSSR count). The predicted octanol–water partition coefficient (Wildman–Crippen LogP) is 5.13. The first kappa shape index (κ1) is 18.0. The van der Waals surface area contributed by atoms with Crippen LogP contribution in [-0.2, 0) is 0 Å². The zero-order valence-corrected chi connectivity index (χ0v) is 14.5. The van der Waals surface area contributed by atoms with Gasteiger partial charge in [0.05, 0.1) is 33.0 Å². The third-order valence-corrected chi connectivity index (χ3v) is 3.42. The van der Waals surface area contributed by atoms with Crippen molar-refractivity contribution in [2.45, 2.75) is 20.0 Å². The van der Waals surface area contributed by atoms with Gasteiger partial charge < -0.3 is 4.74 Å². The smallest absolute Gasteiger partial charge is 0.269 e. The van der Waals surface area contributed by atoms with Gasteiger partial charge in [-0.2, -0.15) is 5.10 Å². The van der Waals surface area contributed by atoms with E-state index in [4.69, 9.17) is 27.9 Å². The average molecular weight is 368 g/mol. The minimum Gasteiger partial charge on any atom is -0.488 e. The second-order valence-corrected chi connectivity index (χ2v) is 5.97. The number of nitro benzene ring substituents is 1. The van der Waals surface area contributed by atoms with E-state index in [9.17, 15) is 10.1 Å². The van der Waals surface area contributed by atoms with E-state index >= 15 is 0 Å². The molecule has 0 aliphatic carbocycles. The van der Waals surface area contributed by atoms with Crippen molar-refractivity contribution >= 4 is 40.8 Å². The molecule has 0 aliphatic heterocycles. The Morgan fingerprint density at radius 3 is 2.29 bits per heavy atom. The van der Waals surface area contributed by atoms with Crippen LogP contribution in [-0.4, -0.2) is 17.2 Å². The number of hydrazone groups is 1. The Labute approximate surface area is 149 Å². The molecular formula is C16H15Cl2N3O3. The number of halogens is 2. The number of hydrogen-bond acceptors (Lipinski definition) is 5. The zero-order valence-electron chi connectivity index (χ0n) is 13.0. The number of rotatable bonds is 6. The molecule has 0 amide bonds. The average Bonchev–Trinajstić information content (AvgIpc) is 2.51. The van der Waals surface area contributed by atoms with Crippen molar-refractivity contribution in [2.75, 3.05) is 5.43 Å². The number of nitro groups is 1. The van der Waals surface area contributed by atoms with Gasteiger partial charge >= 0.3 is 0 Å². The van der Waals surface area contributed by atoms with Gasteiger partial charge in [0, 0.05) is 12.1 Å². The second kappa shape index (κ2) is 7.99. The highest BCUT2D eigenvalue weighted by Gasteiger charge is 2.10. The lowest BCUT2D eigenvalue weighted by Crippen LogP contribution is -2.06. The van der Waals surface area contributed by atoms with E-state index in [-0.39, 0.29) is 11.8 Å². The minimum atomic E-state index is -0.460. The summed E-state index contributed by atoms with van der Waals surface area (Å²) in [6.07, 6.45) is 1.50. The van der Waals surface area contributed by atoms with Crippen molar-refractivity contribution in [3.05, 3.63) is 62.1 Å². The second-order valence-electron chi connectivity index (χ2n) is 5.15. The highest BCUT2D eigenvalue weighted by molar-refractivity contribution is 6.37. The summed E-state index contributed by atoms with van der Waals surface area (Å²) in [5, 5.41) is 15.4. The number of benzene rings is 2. The Morgan fingerprint density at radius 2 is 1.79 bits per heavy atom. The van der Waals surface area contributed by atoms with Gasteiger partial charge in [-0.05, 0) is 43.7 Å². The molecule has 0 fully saturated rings. The van der Waals surface area contributed by atoms with Crippen molar-refractivity contribution in [1.82, 2.24) is 0 Å². The minimum absolute atomic E-state index is 0.0174. The van der Waals surface area contributed by atoms with Crippen molar-refractivity contribution in [1.29, 1.82) is 0 Å². The van der Waals surface area contributed by atoms with Crippen LogP contribution in [0.1, 0.15) is 19.4 Å². The molecule has 6 nitrogen and oxygen atoms in total. The topological polar surface area (TPSA) is 76.8 Å². The van der Waals surface area contributed by atoms with Crippen LogP contribution in [0.3, 0.4) is 0 Å². The molecule has 0 bridgehead atoms. The van der Waals surface area contributed by atoms with Gasteiger partial charge in [0.25, 0.3) is 5.69 Å². The van der Waals surface area contributed by atoms with Gasteiger partial charge in [-0.25, -0.2) is 0 Å². The molecule has 0 radical (unpaired) electrons. The van der Waals surface area contributed by atoms with Crippen LogP contribution in [0.2, 0.25) is 10.0 Å². The Kier molecular flexibility index (Phi) is 6.00. The number of nitrogens with one attached hydrogen (secondary N) is 1. The number of nitrogens with zero attached hydrogens (tertiary/aromatic N) is 2. The molecule has 2 aromatic rings. The maximum absolute atomic E-state index is 10.6. The summed E-state index contributed by atoms with van der Waals surface area (Å²) in [5.41, 5.74) is 4.10. The molecular weight excluding hydrogens is 353 g/mol. The van der Waals surface area contributed by atoms with Gasteiger partial charge in [0.1, 0.15) is 0 Å². The van der Waals surface area contributed by atoms with E-state index in [0.29, 0.717) is 27.0 Å². The van der Waals surface area contributed by atoms with Crippen LogP contribution in [0, 0.1) is 10.1 Å². The molecule has 0 heterocycles. The van der Waals surface area contributed by atoms with Crippen molar-refractivity contribution < 1.29 is 9.66 Å². The van der Waals surface area contributed by atoms with Gasteiger partial charge in [-0.3, -0.25) is 15.5 Å². The maximum atomic E-state index is 10.6. The summed E-state index contributed by atoms with van der Waals surface area (Å²) in [4.78, 5) is 10.1. The van der Waals surface area contributed by atoms with Crippen LogP contribution in [0.4, 0.5) is 11.4 Å². The van der Waals surface area contributed by atoms with Crippen molar-refractivity contribution in [3.8, 4) is 5.75 Å². The van der Waals surface area contributed by atoms with Crippen LogP contribution >= 0.6 is 23.2 Å². The summed E-state index contributed by atoms with van der Waals surface area (Å²) in [6, 6.07) is 9.29. The van der Waals surface area contributed by atoms with E-state index in [1.807, 2.05) is 13.8 Å². The molecule has 0 aliphatic rings. The lowest BCUT2D eigenvalue weighted by Gasteiger charge is -2.13. The third kappa shape index (κ3) is 4.84. The monoisotopic (exact) mass is 367 g/mol. The fourth-order valence-electron chi connectivity index (χ4n) is 1.84. The van der Waals surface area contributed by atoms with Crippen molar-refractivity contribution in [3.63, 3.8) is 0 Å². The lowest BCUT2D eigenvalue weighted by molar-refractivity contribution is -0.384. The van der Waals surface area contributed by atoms with Crippen molar-refractivity contribution in [2.24, 2.45) is 5.10 Å². The SMILES string of the molecule is CC(C)Oc1c(Cl)cc(/C=N/Nc2ccc([N+](=O)[O-])cc2)cc1Cl. The fourth-order valence-corrected chi connectivity index (χ4v) is 2.43. The Bertz CT molecular complexity index is 739. The first-order valence-electron chi connectivity index (χ1n) is 7.06. The molecule has 8 heteroatoms. The number of non-ortho nitro benzene ring substituents is 1. The summed E-state index contributed by atoms with van der Waals surface area (Å²) in [6.45, 7) is 3.77. The molecule has 1 N–H and O–H groups in total. The molecule has 126 valence electrons. The highest BCUT2D eigenvalue weighted by Crippen LogP contribution is 2.34. The first-order chi connectivity index (χ1) is 11.4. The standard InChI is InChI=1S/C16H15Cl2N3O3/c1-10(2)24-16-14(17)7-11(8-15(16)18)9-19-20-12-3-5-13(6-4-12)21(22)23/h3-10,20H,1-2H3/b19-9+. The molecule has 0 atom stereocenters.